The van der Waals surface area contributed by atoms with Crippen LogP contribution in [0, 0.1) is 0 Å². The second-order valence-electron chi connectivity index (χ2n) is 4.50. The van der Waals surface area contributed by atoms with E-state index in [-0.39, 0.29) is 18.2 Å². The summed E-state index contributed by atoms with van der Waals surface area (Å²) in [7, 11) is 0. The van der Waals surface area contributed by atoms with Crippen LogP contribution in [-0.2, 0) is 4.79 Å². The molecule has 0 bridgehead atoms. The molecule has 1 fully saturated rings. The minimum absolute atomic E-state index is 0.0331. The van der Waals surface area contributed by atoms with Gasteiger partial charge in [-0.3, -0.25) is 9.59 Å². The molecule has 98 valence electrons. The predicted octanol–water partition coefficient (Wildman–Crippen LogP) is 3.49. The molecule has 0 spiro atoms. The zero-order valence-electron chi connectivity index (χ0n) is 10.2. The van der Waals surface area contributed by atoms with Gasteiger partial charge in [0.05, 0.1) is 11.4 Å². The van der Waals surface area contributed by atoms with Crippen molar-refractivity contribution in [3.8, 4) is 0 Å². The molecule has 3 nitrogen and oxygen atoms in total. The van der Waals surface area contributed by atoms with Crippen molar-refractivity contribution < 1.29 is 9.59 Å². The molecular weight excluding hydrogens is 314 g/mol. The van der Waals surface area contributed by atoms with Crippen LogP contribution in [0.4, 0.5) is 0 Å². The summed E-state index contributed by atoms with van der Waals surface area (Å²) in [6, 6.07) is 1.87. The molecule has 18 heavy (non-hydrogen) atoms. The van der Waals surface area contributed by atoms with Crippen LogP contribution < -0.4 is 0 Å². The van der Waals surface area contributed by atoms with Gasteiger partial charge >= 0.3 is 0 Å². The molecule has 1 amide bonds. The van der Waals surface area contributed by atoms with E-state index >= 15 is 0 Å². The number of nitrogens with zero attached hydrogens (tertiary/aromatic N) is 1. The van der Waals surface area contributed by atoms with E-state index in [0.717, 1.165) is 30.2 Å². The van der Waals surface area contributed by atoms with E-state index in [1.807, 2.05) is 11.4 Å². The number of hydrogen-bond acceptors (Lipinski definition) is 3. The van der Waals surface area contributed by atoms with Gasteiger partial charge in [-0.15, -0.1) is 11.3 Å². The Morgan fingerprint density at radius 2 is 2.11 bits per heavy atom. The molecule has 0 aliphatic carbocycles. The third kappa shape index (κ3) is 3.42. The average molecular weight is 330 g/mol. The first kappa shape index (κ1) is 13.7. The van der Waals surface area contributed by atoms with E-state index in [0.29, 0.717) is 17.8 Å². The number of halogens is 1. The molecule has 0 unspecified atom stereocenters. The van der Waals surface area contributed by atoms with Gasteiger partial charge in [0.15, 0.2) is 5.78 Å². The Labute approximate surface area is 119 Å². The fraction of sp³-hybridized carbons (Fsp3) is 0.538. The van der Waals surface area contributed by atoms with Crippen molar-refractivity contribution in [2.75, 3.05) is 13.1 Å². The van der Waals surface area contributed by atoms with Gasteiger partial charge in [0, 0.05) is 17.4 Å². The molecule has 0 radical (unpaired) electrons. The van der Waals surface area contributed by atoms with Gasteiger partial charge in [0.1, 0.15) is 0 Å². The summed E-state index contributed by atoms with van der Waals surface area (Å²) in [5.41, 5.74) is 0. The summed E-state index contributed by atoms with van der Waals surface area (Å²) >= 11 is 4.78. The monoisotopic (exact) mass is 329 g/mol. The van der Waals surface area contributed by atoms with Crippen molar-refractivity contribution in [2.24, 2.45) is 0 Å². The summed E-state index contributed by atoms with van der Waals surface area (Å²) in [5, 5.41) is 1.88. The smallest absolute Gasteiger partial charge is 0.222 e. The Kier molecular flexibility index (Phi) is 4.95. The minimum atomic E-state index is 0.0331. The summed E-state index contributed by atoms with van der Waals surface area (Å²) in [6.45, 7) is 0.936. The van der Waals surface area contributed by atoms with Gasteiger partial charge in [0.25, 0.3) is 0 Å². The zero-order chi connectivity index (χ0) is 13.0. The Bertz CT molecular complexity index is 444. The second-order valence-corrected chi connectivity index (χ2v) is 6.27. The fourth-order valence-corrected chi connectivity index (χ4v) is 3.65. The third-order valence-electron chi connectivity index (χ3n) is 3.13. The lowest BCUT2D eigenvalue weighted by atomic mass is 10.1. The lowest BCUT2D eigenvalue weighted by Gasteiger charge is -2.23. The molecule has 1 aliphatic heterocycles. The minimum Gasteiger partial charge on any atom is -0.335 e. The van der Waals surface area contributed by atoms with E-state index in [4.69, 9.17) is 0 Å². The lowest BCUT2D eigenvalue weighted by molar-refractivity contribution is -0.131. The summed E-state index contributed by atoms with van der Waals surface area (Å²) in [4.78, 5) is 26.5. The van der Waals surface area contributed by atoms with Crippen LogP contribution >= 0.6 is 27.3 Å². The summed E-state index contributed by atoms with van der Waals surface area (Å²) < 4.78 is 0.831. The molecule has 1 aliphatic rings. The first-order valence-corrected chi connectivity index (χ1v) is 7.89. The molecule has 1 saturated heterocycles. The number of hydrogen-bond donors (Lipinski definition) is 0. The molecule has 0 atom stereocenters. The zero-order valence-corrected chi connectivity index (χ0v) is 12.6. The number of likely N-dealkylation sites (tertiary alicyclic amines) is 1. The maximum absolute atomic E-state index is 12.1. The van der Waals surface area contributed by atoms with Crippen molar-refractivity contribution >= 4 is 39.0 Å². The van der Waals surface area contributed by atoms with Gasteiger partial charge in [-0.05, 0) is 40.2 Å². The maximum atomic E-state index is 12.1. The number of amides is 1. The quantitative estimate of drug-likeness (QED) is 0.796. The highest BCUT2D eigenvalue weighted by Crippen LogP contribution is 2.23. The largest absolute Gasteiger partial charge is 0.335 e. The standard InChI is InChI=1S/C13H16BrNO2S/c14-10-6-8-18-13(10)11(16)9-15-7-4-2-1-3-5-12(15)17/h6,8H,1-5,7,9H2. The van der Waals surface area contributed by atoms with Crippen LogP contribution in [0.2, 0.25) is 0 Å². The molecule has 0 N–H and O–H groups in total. The molecule has 1 aromatic heterocycles. The van der Waals surface area contributed by atoms with Crippen LogP contribution in [-0.4, -0.2) is 29.7 Å². The number of Topliss-reactive ketones (excluding diaryl/α,β-unsaturated/α-hetero) is 1. The molecule has 2 rings (SSSR count). The van der Waals surface area contributed by atoms with Gasteiger partial charge < -0.3 is 4.90 Å². The number of rotatable bonds is 3. The summed E-state index contributed by atoms with van der Waals surface area (Å²) in [6.07, 6.45) is 4.82. The first-order chi connectivity index (χ1) is 8.68. The predicted molar refractivity (Wildman–Crippen MR) is 76.0 cm³/mol. The van der Waals surface area contributed by atoms with Crippen LogP contribution in [0.15, 0.2) is 15.9 Å². The van der Waals surface area contributed by atoms with Crippen LogP contribution in [0.25, 0.3) is 0 Å². The van der Waals surface area contributed by atoms with Gasteiger partial charge in [-0.2, -0.15) is 0 Å². The highest BCUT2D eigenvalue weighted by molar-refractivity contribution is 9.10. The Hall–Kier alpha value is -0.680. The van der Waals surface area contributed by atoms with Crippen molar-refractivity contribution in [1.29, 1.82) is 0 Å². The van der Waals surface area contributed by atoms with Crippen LogP contribution in [0.1, 0.15) is 41.8 Å². The van der Waals surface area contributed by atoms with Crippen LogP contribution in [0.5, 0.6) is 0 Å². The third-order valence-corrected chi connectivity index (χ3v) is 5.01. The van der Waals surface area contributed by atoms with E-state index in [9.17, 15) is 9.59 Å². The highest BCUT2D eigenvalue weighted by Gasteiger charge is 2.20. The van der Waals surface area contributed by atoms with E-state index in [1.165, 1.54) is 11.3 Å². The number of carbonyl (C=O) groups excluding carboxylic acids is 2. The number of thiophene rings is 1. The average Bonchev–Trinajstić information content (AvgIpc) is 2.75. The highest BCUT2D eigenvalue weighted by atomic mass is 79.9. The maximum Gasteiger partial charge on any atom is 0.222 e. The van der Waals surface area contributed by atoms with Gasteiger partial charge in [-0.1, -0.05) is 12.8 Å². The Morgan fingerprint density at radius 3 is 2.83 bits per heavy atom. The lowest BCUT2D eigenvalue weighted by Crippen LogP contribution is -2.37. The van der Waals surface area contributed by atoms with E-state index in [2.05, 4.69) is 15.9 Å². The normalized spacial score (nSPS) is 17.4. The number of carbonyl (C=O) groups is 2. The topological polar surface area (TPSA) is 37.4 Å². The molecule has 2 heterocycles. The number of ketones is 1. The van der Waals surface area contributed by atoms with Crippen molar-refractivity contribution in [3.63, 3.8) is 0 Å². The van der Waals surface area contributed by atoms with Crippen molar-refractivity contribution in [2.45, 2.75) is 32.1 Å². The first-order valence-electron chi connectivity index (χ1n) is 6.22. The fourth-order valence-electron chi connectivity index (χ4n) is 2.12. The Morgan fingerprint density at radius 1 is 1.33 bits per heavy atom. The molecule has 0 saturated carbocycles. The van der Waals surface area contributed by atoms with Gasteiger partial charge in [-0.25, -0.2) is 0 Å². The molecule has 0 aromatic carbocycles. The van der Waals surface area contributed by atoms with E-state index < -0.39 is 0 Å². The summed E-state index contributed by atoms with van der Waals surface area (Å²) in [5.74, 6) is 0.154. The Balaban J connectivity index is 2.00. The molecular formula is C13H16BrNO2S. The van der Waals surface area contributed by atoms with Gasteiger partial charge in [0.2, 0.25) is 5.91 Å². The molecule has 5 heteroatoms. The van der Waals surface area contributed by atoms with Crippen molar-refractivity contribution in [3.05, 3.63) is 20.8 Å². The molecule has 1 aromatic rings. The van der Waals surface area contributed by atoms with Crippen LogP contribution in [0.3, 0.4) is 0 Å². The second kappa shape index (κ2) is 6.48. The van der Waals surface area contributed by atoms with E-state index in [1.54, 1.807) is 4.90 Å². The SMILES string of the molecule is O=C(CN1CCCCCCC1=O)c1sccc1Br. The van der Waals surface area contributed by atoms with Crippen molar-refractivity contribution in [1.82, 2.24) is 4.90 Å².